The minimum absolute atomic E-state index is 0.600. The summed E-state index contributed by atoms with van der Waals surface area (Å²) in [6.45, 7) is 3.29. The second-order valence-corrected chi connectivity index (χ2v) is 4.99. The molecule has 0 saturated heterocycles. The third-order valence-corrected chi connectivity index (χ3v) is 3.37. The van der Waals surface area contributed by atoms with Crippen LogP contribution in [0.5, 0.6) is 0 Å². The quantitative estimate of drug-likeness (QED) is 0.663. The third-order valence-electron chi connectivity index (χ3n) is 2.99. The molecule has 0 amide bonds. The highest BCUT2D eigenvalue weighted by atomic mass is 35.5. The fourth-order valence-corrected chi connectivity index (χ4v) is 1.92. The SMILES string of the molecule is CC(Cl)(C(=O)O)c1ccc(N2CC=CC2)cc1. The van der Waals surface area contributed by atoms with Gasteiger partial charge in [-0.05, 0) is 24.6 Å². The number of halogens is 1. The lowest BCUT2D eigenvalue weighted by atomic mass is 10.00. The zero-order chi connectivity index (χ0) is 12.5. The maximum atomic E-state index is 11.0. The van der Waals surface area contributed by atoms with Gasteiger partial charge in [-0.15, -0.1) is 11.6 Å². The molecule has 0 fully saturated rings. The van der Waals surface area contributed by atoms with Crippen LogP contribution in [0, 0.1) is 0 Å². The van der Waals surface area contributed by atoms with E-state index in [4.69, 9.17) is 16.7 Å². The summed E-state index contributed by atoms with van der Waals surface area (Å²) in [7, 11) is 0. The molecule has 0 aliphatic carbocycles. The Hall–Kier alpha value is -1.48. The maximum absolute atomic E-state index is 11.0. The molecule has 1 unspecified atom stereocenters. The van der Waals surface area contributed by atoms with Gasteiger partial charge in [-0.2, -0.15) is 0 Å². The van der Waals surface area contributed by atoms with E-state index in [1.807, 2.05) is 12.1 Å². The summed E-state index contributed by atoms with van der Waals surface area (Å²) < 4.78 is 0. The van der Waals surface area contributed by atoms with Gasteiger partial charge in [0.05, 0.1) is 0 Å². The largest absolute Gasteiger partial charge is 0.480 e. The zero-order valence-corrected chi connectivity index (χ0v) is 10.3. The molecular formula is C13H14ClNO2. The van der Waals surface area contributed by atoms with E-state index in [1.54, 1.807) is 12.1 Å². The predicted octanol–water partition coefficient (Wildman–Crippen LogP) is 2.60. The maximum Gasteiger partial charge on any atom is 0.329 e. The fourth-order valence-electron chi connectivity index (χ4n) is 1.80. The standard InChI is InChI=1S/C13H14ClNO2/c1-13(14,12(16)17)10-4-6-11(7-5-10)15-8-2-3-9-15/h2-7H,8-9H2,1H3,(H,16,17). The Kier molecular flexibility index (Phi) is 3.11. The number of benzene rings is 1. The summed E-state index contributed by atoms with van der Waals surface area (Å²) in [5, 5.41) is 9.02. The minimum atomic E-state index is -1.36. The van der Waals surface area contributed by atoms with Gasteiger partial charge in [-0.1, -0.05) is 24.3 Å². The summed E-state index contributed by atoms with van der Waals surface area (Å²) >= 11 is 5.98. The van der Waals surface area contributed by atoms with E-state index >= 15 is 0 Å². The second kappa shape index (κ2) is 4.41. The fraction of sp³-hybridized carbons (Fsp3) is 0.308. The van der Waals surface area contributed by atoms with Crippen molar-refractivity contribution in [3.8, 4) is 0 Å². The van der Waals surface area contributed by atoms with Crippen molar-refractivity contribution in [1.29, 1.82) is 0 Å². The number of anilines is 1. The highest BCUT2D eigenvalue weighted by Crippen LogP contribution is 2.30. The van der Waals surface area contributed by atoms with Crippen molar-refractivity contribution in [2.45, 2.75) is 11.8 Å². The molecule has 1 aromatic rings. The first-order valence-corrected chi connectivity index (χ1v) is 5.82. The Bertz CT molecular complexity index is 443. The molecule has 3 nitrogen and oxygen atoms in total. The zero-order valence-electron chi connectivity index (χ0n) is 9.56. The van der Waals surface area contributed by atoms with Gasteiger partial charge < -0.3 is 10.0 Å². The normalized spacial score (nSPS) is 18.1. The molecule has 0 saturated carbocycles. The first kappa shape index (κ1) is 12.0. The number of aliphatic carboxylic acids is 1. The molecule has 17 heavy (non-hydrogen) atoms. The molecule has 1 aliphatic heterocycles. The molecule has 0 radical (unpaired) electrons. The first-order chi connectivity index (χ1) is 8.01. The number of hydrogen-bond acceptors (Lipinski definition) is 2. The van der Waals surface area contributed by atoms with Crippen molar-refractivity contribution >= 4 is 23.3 Å². The molecule has 1 aliphatic rings. The van der Waals surface area contributed by atoms with E-state index < -0.39 is 10.8 Å². The van der Waals surface area contributed by atoms with Crippen LogP contribution in [-0.4, -0.2) is 24.2 Å². The van der Waals surface area contributed by atoms with E-state index in [1.165, 1.54) is 6.92 Å². The lowest BCUT2D eigenvalue weighted by molar-refractivity contribution is -0.139. The summed E-state index contributed by atoms with van der Waals surface area (Å²) in [6.07, 6.45) is 4.22. The minimum Gasteiger partial charge on any atom is -0.480 e. The molecule has 0 spiro atoms. The van der Waals surface area contributed by atoms with Crippen LogP contribution < -0.4 is 4.90 Å². The van der Waals surface area contributed by atoms with Gasteiger partial charge in [0.25, 0.3) is 0 Å². The lowest BCUT2D eigenvalue weighted by Gasteiger charge is -2.21. The van der Waals surface area contributed by atoms with Gasteiger partial charge >= 0.3 is 5.97 Å². The van der Waals surface area contributed by atoms with Crippen LogP contribution >= 0.6 is 11.6 Å². The summed E-state index contributed by atoms with van der Waals surface area (Å²) in [5.41, 5.74) is 1.68. The molecule has 2 rings (SSSR count). The Morgan fingerprint density at radius 2 is 1.82 bits per heavy atom. The van der Waals surface area contributed by atoms with Gasteiger partial charge in [0.2, 0.25) is 0 Å². The van der Waals surface area contributed by atoms with E-state index in [-0.39, 0.29) is 0 Å². The molecule has 4 heteroatoms. The summed E-state index contributed by atoms with van der Waals surface area (Å²) in [4.78, 5) is 11.8. The molecule has 1 aromatic carbocycles. The third kappa shape index (κ3) is 2.29. The van der Waals surface area contributed by atoms with Crippen molar-refractivity contribution < 1.29 is 9.90 Å². The number of carbonyl (C=O) groups is 1. The van der Waals surface area contributed by atoms with Crippen LogP contribution in [-0.2, 0) is 9.67 Å². The lowest BCUT2D eigenvalue weighted by Crippen LogP contribution is -2.25. The van der Waals surface area contributed by atoms with Gasteiger partial charge in [-0.3, -0.25) is 0 Å². The Morgan fingerprint density at radius 3 is 2.29 bits per heavy atom. The molecule has 0 aromatic heterocycles. The van der Waals surface area contributed by atoms with Crippen LogP contribution in [0.1, 0.15) is 12.5 Å². The van der Waals surface area contributed by atoms with Crippen molar-refractivity contribution in [3.63, 3.8) is 0 Å². The van der Waals surface area contributed by atoms with Gasteiger partial charge in [0.15, 0.2) is 4.87 Å². The number of rotatable bonds is 3. The number of nitrogens with zero attached hydrogens (tertiary/aromatic N) is 1. The number of alkyl halides is 1. The highest BCUT2D eigenvalue weighted by molar-refractivity contribution is 6.33. The topological polar surface area (TPSA) is 40.5 Å². The Morgan fingerprint density at radius 1 is 1.29 bits per heavy atom. The van der Waals surface area contributed by atoms with E-state index in [0.717, 1.165) is 18.8 Å². The molecule has 0 bridgehead atoms. The second-order valence-electron chi connectivity index (χ2n) is 4.23. The monoisotopic (exact) mass is 251 g/mol. The first-order valence-electron chi connectivity index (χ1n) is 5.44. The van der Waals surface area contributed by atoms with Crippen LogP contribution in [0.15, 0.2) is 36.4 Å². The van der Waals surface area contributed by atoms with E-state index in [2.05, 4.69) is 17.1 Å². The Labute approximate surface area is 105 Å². The van der Waals surface area contributed by atoms with Gasteiger partial charge in [-0.25, -0.2) is 4.79 Å². The van der Waals surface area contributed by atoms with E-state index in [0.29, 0.717) is 5.56 Å². The van der Waals surface area contributed by atoms with Crippen LogP contribution in [0.2, 0.25) is 0 Å². The molecular weight excluding hydrogens is 238 g/mol. The Balaban J connectivity index is 2.21. The van der Waals surface area contributed by atoms with Crippen molar-refractivity contribution in [2.24, 2.45) is 0 Å². The van der Waals surface area contributed by atoms with Crippen LogP contribution in [0.25, 0.3) is 0 Å². The predicted molar refractivity (Wildman–Crippen MR) is 68.6 cm³/mol. The number of carboxylic acid groups (broad SMARTS) is 1. The molecule has 1 atom stereocenters. The number of carboxylic acids is 1. The van der Waals surface area contributed by atoms with Crippen molar-refractivity contribution in [3.05, 3.63) is 42.0 Å². The highest BCUT2D eigenvalue weighted by Gasteiger charge is 2.32. The van der Waals surface area contributed by atoms with Gasteiger partial charge in [0, 0.05) is 18.8 Å². The summed E-state index contributed by atoms with van der Waals surface area (Å²) in [6, 6.07) is 7.36. The smallest absolute Gasteiger partial charge is 0.329 e. The van der Waals surface area contributed by atoms with E-state index in [9.17, 15) is 4.79 Å². The average Bonchev–Trinajstić information content (AvgIpc) is 2.82. The number of hydrogen-bond donors (Lipinski definition) is 1. The van der Waals surface area contributed by atoms with Crippen LogP contribution in [0.3, 0.4) is 0 Å². The molecule has 1 N–H and O–H groups in total. The van der Waals surface area contributed by atoms with Crippen molar-refractivity contribution in [2.75, 3.05) is 18.0 Å². The average molecular weight is 252 g/mol. The van der Waals surface area contributed by atoms with Crippen LogP contribution in [0.4, 0.5) is 5.69 Å². The molecule has 90 valence electrons. The summed E-state index contributed by atoms with van der Waals surface area (Å²) in [5.74, 6) is -1.03. The van der Waals surface area contributed by atoms with Gasteiger partial charge in [0.1, 0.15) is 0 Å². The van der Waals surface area contributed by atoms with Crippen molar-refractivity contribution in [1.82, 2.24) is 0 Å². The molecule has 1 heterocycles.